The molecule has 2 atom stereocenters. The van der Waals surface area contributed by atoms with E-state index in [1.165, 1.54) is 35.5 Å². The van der Waals surface area contributed by atoms with E-state index in [9.17, 15) is 27.1 Å². The van der Waals surface area contributed by atoms with Gasteiger partial charge in [-0.05, 0) is 55.4 Å². The van der Waals surface area contributed by atoms with Crippen LogP contribution in [0.3, 0.4) is 0 Å². The van der Waals surface area contributed by atoms with Gasteiger partial charge in [-0.2, -0.15) is 30.0 Å². The molecule has 4 rings (SSSR count). The number of halogens is 5. The fraction of sp³-hybridized carbons (Fsp3) is 0.379. The highest BCUT2D eigenvalue weighted by atomic mass is 32.2. The highest BCUT2D eigenvalue weighted by Crippen LogP contribution is 2.42. The van der Waals surface area contributed by atoms with Crippen molar-refractivity contribution in [3.05, 3.63) is 102 Å². The number of aliphatic hydroxyl groups is 1. The summed E-state index contributed by atoms with van der Waals surface area (Å²) < 4.78 is 67.9. The van der Waals surface area contributed by atoms with Crippen LogP contribution < -0.4 is 0 Å². The first-order valence-electron chi connectivity index (χ1n) is 12.7. The second-order valence-electron chi connectivity index (χ2n) is 9.82. The van der Waals surface area contributed by atoms with Crippen LogP contribution in [0.1, 0.15) is 49.3 Å². The molecule has 0 unspecified atom stereocenters. The Kier molecular flexibility index (Phi) is 9.27. The third kappa shape index (κ3) is 7.57. The van der Waals surface area contributed by atoms with E-state index in [0.717, 1.165) is 49.9 Å². The first kappa shape index (κ1) is 29.0. The minimum absolute atomic E-state index is 0.0208. The van der Waals surface area contributed by atoms with Gasteiger partial charge in [0.1, 0.15) is 29.9 Å². The summed E-state index contributed by atoms with van der Waals surface area (Å²) in [6.45, 7) is 1.83. The third-order valence-corrected chi connectivity index (χ3v) is 8.73. The maximum atomic E-state index is 14.8. The minimum Gasteiger partial charge on any atom is -0.382 e. The lowest BCUT2D eigenvalue weighted by atomic mass is 9.88. The lowest BCUT2D eigenvalue weighted by Crippen LogP contribution is -2.42. The van der Waals surface area contributed by atoms with Crippen LogP contribution in [-0.2, 0) is 18.3 Å². The summed E-state index contributed by atoms with van der Waals surface area (Å²) in [4.78, 5) is 3.91. The van der Waals surface area contributed by atoms with Crippen molar-refractivity contribution in [3.8, 4) is 0 Å². The first-order valence-corrected chi connectivity index (χ1v) is 13.7. The minimum atomic E-state index is -4.34. The van der Waals surface area contributed by atoms with Crippen molar-refractivity contribution < 1.29 is 27.1 Å². The molecule has 2 aromatic carbocycles. The maximum absolute atomic E-state index is 14.8. The van der Waals surface area contributed by atoms with Crippen molar-refractivity contribution in [2.45, 2.75) is 61.4 Å². The van der Waals surface area contributed by atoms with Gasteiger partial charge in [-0.3, -0.25) is 0 Å². The number of hydrogen-bond acceptors (Lipinski definition) is 4. The predicted octanol–water partition coefficient (Wildman–Crippen LogP) is 7.41. The van der Waals surface area contributed by atoms with E-state index in [1.807, 2.05) is 19.1 Å². The molecule has 0 amide bonds. The SMILES string of the molecule is C[C@@H](S[C@H]1CC[C@H](C=CC=Cc2ccc(C(F)(F)F)cc2)CC1)[C@](O)(Cn1cncn1)c1ccc(F)cc1F. The van der Waals surface area contributed by atoms with E-state index in [2.05, 4.69) is 16.2 Å². The molecule has 1 saturated carbocycles. The van der Waals surface area contributed by atoms with Crippen LogP contribution >= 0.6 is 11.8 Å². The lowest BCUT2D eigenvalue weighted by molar-refractivity contribution is -0.137. The molecule has 10 heteroatoms. The molecular weight excluding hydrogens is 533 g/mol. The van der Waals surface area contributed by atoms with Crippen LogP contribution in [0.25, 0.3) is 6.08 Å². The zero-order chi connectivity index (χ0) is 28.0. The molecule has 1 aromatic heterocycles. The van der Waals surface area contributed by atoms with E-state index >= 15 is 0 Å². The Morgan fingerprint density at radius 1 is 1.05 bits per heavy atom. The molecule has 3 aromatic rings. The summed E-state index contributed by atoms with van der Waals surface area (Å²) in [5, 5.41) is 15.6. The molecule has 1 aliphatic carbocycles. The molecule has 39 heavy (non-hydrogen) atoms. The van der Waals surface area contributed by atoms with Gasteiger partial charge in [0, 0.05) is 22.1 Å². The third-order valence-electron chi connectivity index (χ3n) is 7.08. The Labute approximate surface area is 228 Å². The molecular formula is C29H30F5N3OS. The quantitative estimate of drug-likeness (QED) is 0.218. The zero-order valence-electron chi connectivity index (χ0n) is 21.4. The molecule has 208 valence electrons. The molecule has 4 nitrogen and oxygen atoms in total. The molecule has 0 aliphatic heterocycles. The van der Waals surface area contributed by atoms with Gasteiger partial charge >= 0.3 is 6.18 Å². The summed E-state index contributed by atoms with van der Waals surface area (Å²) in [6.07, 6.45) is 9.80. The van der Waals surface area contributed by atoms with E-state index in [-0.39, 0.29) is 17.4 Å². The molecule has 1 heterocycles. The average Bonchev–Trinajstić information content (AvgIpc) is 3.40. The second kappa shape index (κ2) is 12.5. The topological polar surface area (TPSA) is 50.9 Å². The highest BCUT2D eigenvalue weighted by molar-refractivity contribution is 8.00. The number of nitrogens with zero attached hydrogens (tertiary/aromatic N) is 3. The van der Waals surface area contributed by atoms with Crippen LogP contribution in [0.15, 0.2) is 73.3 Å². The van der Waals surface area contributed by atoms with Crippen LogP contribution in [0.5, 0.6) is 0 Å². The van der Waals surface area contributed by atoms with Gasteiger partial charge in [-0.15, -0.1) is 0 Å². The Balaban J connectivity index is 1.33. The zero-order valence-corrected chi connectivity index (χ0v) is 22.2. The van der Waals surface area contributed by atoms with E-state index < -0.39 is 34.2 Å². The number of rotatable bonds is 9. The summed E-state index contributed by atoms with van der Waals surface area (Å²) in [5.41, 5.74) is -1.58. The molecule has 0 spiro atoms. The van der Waals surface area contributed by atoms with Gasteiger partial charge in [0.05, 0.1) is 12.1 Å². The van der Waals surface area contributed by atoms with Crippen LogP contribution in [-0.4, -0.2) is 30.4 Å². The van der Waals surface area contributed by atoms with Gasteiger partial charge in [0.25, 0.3) is 0 Å². The molecule has 1 aliphatic rings. The first-order chi connectivity index (χ1) is 18.5. The Hall–Kier alpha value is -2.98. The molecule has 0 saturated heterocycles. The fourth-order valence-corrected chi connectivity index (χ4v) is 6.37. The van der Waals surface area contributed by atoms with E-state index in [1.54, 1.807) is 17.8 Å². The normalized spacial score (nSPS) is 20.9. The van der Waals surface area contributed by atoms with E-state index in [0.29, 0.717) is 11.5 Å². The number of alkyl halides is 3. The summed E-state index contributed by atoms with van der Waals surface area (Å²) in [7, 11) is 0. The van der Waals surface area contributed by atoms with Crippen molar-refractivity contribution in [1.82, 2.24) is 14.8 Å². The van der Waals surface area contributed by atoms with Crippen LogP contribution in [0, 0.1) is 17.6 Å². The fourth-order valence-electron chi connectivity index (χ4n) is 4.82. The van der Waals surface area contributed by atoms with Crippen molar-refractivity contribution in [3.63, 3.8) is 0 Å². The number of aromatic nitrogens is 3. The second-order valence-corrected chi connectivity index (χ2v) is 11.5. The largest absolute Gasteiger partial charge is 0.416 e. The molecule has 0 bridgehead atoms. The standard InChI is InChI=1S/C29H30F5N3OS/c1-20(28(38,17-37-19-35-18-36-37)26-15-12-24(30)16-27(26)31)39-25-13-8-22(9-14-25)5-3-2-4-21-6-10-23(11-7-21)29(32,33)34/h2-7,10-12,15-16,18-20,22,25,38H,8-9,13-14,17H2,1H3/t20-,22-,25-,28-/m1/s1. The monoisotopic (exact) mass is 563 g/mol. The maximum Gasteiger partial charge on any atom is 0.416 e. The lowest BCUT2D eigenvalue weighted by Gasteiger charge is -2.37. The van der Waals surface area contributed by atoms with Gasteiger partial charge in [0.15, 0.2) is 0 Å². The van der Waals surface area contributed by atoms with Gasteiger partial charge in [-0.25, -0.2) is 18.4 Å². The van der Waals surface area contributed by atoms with Crippen LogP contribution in [0.4, 0.5) is 22.0 Å². The van der Waals surface area contributed by atoms with Crippen molar-refractivity contribution in [1.29, 1.82) is 0 Å². The summed E-state index contributed by atoms with van der Waals surface area (Å²) in [5.74, 6) is -1.14. The Morgan fingerprint density at radius 3 is 2.38 bits per heavy atom. The van der Waals surface area contributed by atoms with Crippen molar-refractivity contribution >= 4 is 17.8 Å². The molecule has 1 fully saturated rings. The Morgan fingerprint density at radius 2 is 1.77 bits per heavy atom. The smallest absolute Gasteiger partial charge is 0.382 e. The average molecular weight is 564 g/mol. The van der Waals surface area contributed by atoms with Gasteiger partial charge in [0.2, 0.25) is 0 Å². The number of allylic oxidation sites excluding steroid dienone is 3. The van der Waals surface area contributed by atoms with Crippen LogP contribution in [0.2, 0.25) is 0 Å². The van der Waals surface area contributed by atoms with Gasteiger partial charge < -0.3 is 5.11 Å². The molecule has 1 N–H and O–H groups in total. The van der Waals surface area contributed by atoms with E-state index in [4.69, 9.17) is 0 Å². The number of hydrogen-bond donors (Lipinski definition) is 1. The summed E-state index contributed by atoms with van der Waals surface area (Å²) in [6, 6.07) is 8.24. The number of thioether (sulfide) groups is 1. The highest BCUT2D eigenvalue weighted by Gasteiger charge is 2.41. The molecule has 0 radical (unpaired) electrons. The predicted molar refractivity (Wildman–Crippen MR) is 143 cm³/mol. The van der Waals surface area contributed by atoms with Crippen molar-refractivity contribution in [2.24, 2.45) is 5.92 Å². The summed E-state index contributed by atoms with van der Waals surface area (Å²) >= 11 is 1.60. The number of benzene rings is 2. The van der Waals surface area contributed by atoms with Crippen molar-refractivity contribution in [2.75, 3.05) is 0 Å². The van der Waals surface area contributed by atoms with Gasteiger partial charge in [-0.1, -0.05) is 49.4 Å². The Bertz CT molecular complexity index is 1270.